The van der Waals surface area contributed by atoms with E-state index in [0.29, 0.717) is 70.2 Å². The van der Waals surface area contributed by atoms with E-state index >= 15 is 0 Å². The third kappa shape index (κ3) is 5.11. The van der Waals surface area contributed by atoms with Crippen LogP contribution in [0.5, 0.6) is 5.75 Å². The highest BCUT2D eigenvalue weighted by molar-refractivity contribution is 6.07. The minimum atomic E-state index is -0.839. The lowest BCUT2D eigenvalue weighted by Gasteiger charge is -2.26. The molecule has 36 heavy (non-hydrogen) atoms. The number of morpholine rings is 1. The van der Waals surface area contributed by atoms with E-state index in [1.807, 2.05) is 42.5 Å². The van der Waals surface area contributed by atoms with Gasteiger partial charge in [-0.25, -0.2) is 0 Å². The second-order valence-electron chi connectivity index (χ2n) is 9.34. The Morgan fingerprint density at radius 2 is 1.78 bits per heavy atom. The first kappa shape index (κ1) is 24.0. The molecule has 0 aromatic heterocycles. The number of carbonyl (C=O) groups excluding carboxylic acids is 4. The van der Waals surface area contributed by atoms with Crippen molar-refractivity contribution in [3.63, 3.8) is 0 Å². The number of benzene rings is 2. The fourth-order valence-electron chi connectivity index (χ4n) is 4.88. The highest BCUT2D eigenvalue weighted by atomic mass is 16.5. The Kier molecular flexibility index (Phi) is 6.99. The summed E-state index contributed by atoms with van der Waals surface area (Å²) < 4.78 is 11.4. The Balaban J connectivity index is 1.21. The molecule has 188 valence electrons. The molecule has 2 aromatic rings. The number of amides is 4. The minimum absolute atomic E-state index is 0.00289. The van der Waals surface area contributed by atoms with Gasteiger partial charge in [-0.15, -0.1) is 0 Å². The largest absolute Gasteiger partial charge is 0.489 e. The third-order valence-corrected chi connectivity index (χ3v) is 6.92. The maximum Gasteiger partial charge on any atom is 0.254 e. The van der Waals surface area contributed by atoms with Crippen LogP contribution in [0.1, 0.15) is 46.3 Å². The van der Waals surface area contributed by atoms with Crippen molar-refractivity contribution >= 4 is 23.6 Å². The predicted molar refractivity (Wildman–Crippen MR) is 129 cm³/mol. The Bertz CT molecular complexity index is 1170. The molecule has 2 aromatic carbocycles. The van der Waals surface area contributed by atoms with Gasteiger partial charge in [0.05, 0.1) is 19.8 Å². The predicted octanol–water partition coefficient (Wildman–Crippen LogP) is 2.02. The zero-order chi connectivity index (χ0) is 25.1. The lowest BCUT2D eigenvalue weighted by Crippen LogP contribution is -2.42. The summed E-state index contributed by atoms with van der Waals surface area (Å²) in [6.45, 7) is 3.42. The van der Waals surface area contributed by atoms with Gasteiger partial charge in [-0.1, -0.05) is 24.3 Å². The first-order valence-electron chi connectivity index (χ1n) is 12.3. The van der Waals surface area contributed by atoms with Crippen LogP contribution in [-0.4, -0.2) is 59.7 Å². The number of rotatable bonds is 5. The molecule has 3 aliphatic heterocycles. The van der Waals surface area contributed by atoms with Crippen LogP contribution in [0.3, 0.4) is 0 Å². The van der Waals surface area contributed by atoms with Crippen LogP contribution in [0.15, 0.2) is 42.5 Å². The standard InChI is InChI=1S/C27H29N3O6/c31-24-6-2-4-21(25(32)28-24)27(34)30-15-20-3-1-5-23(22(20)16-30)36-17-18-7-9-19(10-8-18)26(33)29-11-13-35-14-12-29/h1,3,5,7-10,21H,2,4,6,11-17H2,(H,28,31,32)/t21-/m0/s1. The fourth-order valence-corrected chi connectivity index (χ4v) is 4.88. The number of hydrogen-bond acceptors (Lipinski definition) is 6. The maximum absolute atomic E-state index is 13.1. The number of carbonyl (C=O) groups is 4. The Labute approximate surface area is 209 Å². The average Bonchev–Trinajstić information content (AvgIpc) is 3.27. The molecule has 5 rings (SSSR count). The molecule has 9 heteroatoms. The second kappa shape index (κ2) is 10.5. The van der Waals surface area contributed by atoms with Gasteiger partial charge in [-0.05, 0) is 42.2 Å². The Hall–Kier alpha value is -3.72. The van der Waals surface area contributed by atoms with Crippen LogP contribution >= 0.6 is 0 Å². The van der Waals surface area contributed by atoms with Gasteiger partial charge >= 0.3 is 0 Å². The van der Waals surface area contributed by atoms with Crippen molar-refractivity contribution in [1.29, 1.82) is 0 Å². The lowest BCUT2D eigenvalue weighted by molar-refractivity contribution is -0.143. The van der Waals surface area contributed by atoms with Gasteiger partial charge in [0.1, 0.15) is 18.3 Å². The summed E-state index contributed by atoms with van der Waals surface area (Å²) in [4.78, 5) is 53.2. The fraction of sp³-hybridized carbons (Fsp3) is 0.407. The molecule has 0 aliphatic carbocycles. The van der Waals surface area contributed by atoms with Crippen molar-refractivity contribution in [2.24, 2.45) is 5.92 Å². The van der Waals surface area contributed by atoms with Crippen LogP contribution in [0.25, 0.3) is 0 Å². The normalized spacial score (nSPS) is 19.9. The van der Waals surface area contributed by atoms with Crippen molar-refractivity contribution in [1.82, 2.24) is 15.1 Å². The number of nitrogens with zero attached hydrogens (tertiary/aromatic N) is 2. The zero-order valence-corrected chi connectivity index (χ0v) is 20.0. The van der Waals surface area contributed by atoms with Gasteiger partial charge in [0.15, 0.2) is 0 Å². The summed E-state index contributed by atoms with van der Waals surface area (Å²) in [6, 6.07) is 13.1. The van der Waals surface area contributed by atoms with Gasteiger partial charge in [0, 0.05) is 37.2 Å². The van der Waals surface area contributed by atoms with Crippen molar-refractivity contribution < 1.29 is 28.7 Å². The summed E-state index contributed by atoms with van der Waals surface area (Å²) in [6.07, 6.45) is 1.15. The second-order valence-corrected chi connectivity index (χ2v) is 9.34. The van der Waals surface area contributed by atoms with Gasteiger partial charge in [-0.3, -0.25) is 24.5 Å². The van der Waals surface area contributed by atoms with Crippen LogP contribution in [0, 0.1) is 5.92 Å². The highest BCUT2D eigenvalue weighted by Gasteiger charge is 2.36. The molecular formula is C27H29N3O6. The molecular weight excluding hydrogens is 462 g/mol. The lowest BCUT2D eigenvalue weighted by atomic mass is 10.0. The third-order valence-electron chi connectivity index (χ3n) is 6.92. The van der Waals surface area contributed by atoms with Gasteiger partial charge in [0.25, 0.3) is 5.91 Å². The van der Waals surface area contributed by atoms with E-state index in [-0.39, 0.29) is 24.1 Å². The molecule has 0 radical (unpaired) electrons. The number of nitrogens with one attached hydrogen (secondary N) is 1. The topological polar surface area (TPSA) is 105 Å². The number of ether oxygens (including phenoxy) is 2. The van der Waals surface area contributed by atoms with Crippen molar-refractivity contribution in [2.75, 3.05) is 26.3 Å². The minimum Gasteiger partial charge on any atom is -0.489 e. The molecule has 4 amide bonds. The summed E-state index contributed by atoms with van der Waals surface area (Å²) in [7, 11) is 0. The molecule has 0 spiro atoms. The molecule has 0 unspecified atom stereocenters. The number of hydrogen-bond donors (Lipinski definition) is 1. The summed E-state index contributed by atoms with van der Waals surface area (Å²) in [5, 5.41) is 2.32. The first-order chi connectivity index (χ1) is 17.5. The van der Waals surface area contributed by atoms with Crippen LogP contribution in [0.4, 0.5) is 0 Å². The average molecular weight is 492 g/mol. The SMILES string of the molecule is O=C1CCC[C@H](C(=O)N2Cc3cccc(OCc4ccc(C(=O)N5CCOCC5)cc4)c3C2)C(=O)N1. The quantitative estimate of drug-likeness (QED) is 0.507. The molecule has 0 saturated carbocycles. The van der Waals surface area contributed by atoms with Gasteiger partial charge in [0.2, 0.25) is 17.7 Å². The van der Waals surface area contributed by atoms with Gasteiger partial charge < -0.3 is 19.3 Å². The number of fused-ring (bicyclic) bond motifs is 1. The Morgan fingerprint density at radius 1 is 1.00 bits per heavy atom. The van der Waals surface area contributed by atoms with Crippen molar-refractivity contribution in [2.45, 2.75) is 39.0 Å². The molecule has 2 fully saturated rings. The zero-order valence-electron chi connectivity index (χ0n) is 20.0. The van der Waals surface area contributed by atoms with Crippen molar-refractivity contribution in [3.05, 3.63) is 64.7 Å². The maximum atomic E-state index is 13.1. The van der Waals surface area contributed by atoms with E-state index in [4.69, 9.17) is 9.47 Å². The highest BCUT2D eigenvalue weighted by Crippen LogP contribution is 2.33. The molecule has 3 aliphatic rings. The van der Waals surface area contributed by atoms with Crippen LogP contribution in [0.2, 0.25) is 0 Å². The van der Waals surface area contributed by atoms with Crippen molar-refractivity contribution in [3.8, 4) is 5.75 Å². The monoisotopic (exact) mass is 491 g/mol. The van der Waals surface area contributed by atoms with Crippen LogP contribution < -0.4 is 10.1 Å². The van der Waals surface area contributed by atoms with Crippen LogP contribution in [-0.2, 0) is 38.8 Å². The summed E-state index contributed by atoms with van der Waals surface area (Å²) >= 11 is 0. The first-order valence-corrected chi connectivity index (χ1v) is 12.3. The molecule has 2 saturated heterocycles. The molecule has 9 nitrogen and oxygen atoms in total. The van der Waals surface area contributed by atoms with E-state index in [2.05, 4.69) is 5.32 Å². The van der Waals surface area contributed by atoms with E-state index in [9.17, 15) is 19.2 Å². The molecule has 1 N–H and O–H groups in total. The summed E-state index contributed by atoms with van der Waals surface area (Å²) in [5.74, 6) is -1.24. The smallest absolute Gasteiger partial charge is 0.254 e. The van der Waals surface area contributed by atoms with E-state index in [0.717, 1.165) is 16.7 Å². The van der Waals surface area contributed by atoms with Gasteiger partial charge in [-0.2, -0.15) is 0 Å². The van der Waals surface area contributed by atoms with E-state index < -0.39 is 11.8 Å². The number of imide groups is 1. The Morgan fingerprint density at radius 3 is 2.56 bits per heavy atom. The molecule has 0 bridgehead atoms. The van der Waals surface area contributed by atoms with E-state index in [1.165, 1.54) is 0 Å². The summed E-state index contributed by atoms with van der Waals surface area (Å²) in [5.41, 5.74) is 3.48. The molecule has 1 atom stereocenters. The molecule has 3 heterocycles. The van der Waals surface area contributed by atoms with E-state index in [1.54, 1.807) is 9.80 Å².